The summed E-state index contributed by atoms with van der Waals surface area (Å²) in [5, 5.41) is 11.6. The van der Waals surface area contributed by atoms with Crippen molar-refractivity contribution in [2.75, 3.05) is 16.4 Å². The zero-order chi connectivity index (χ0) is 20.8. The SMILES string of the molecule is Cc1ccc(N2C(SCc3ccc([N+](=O)[O-])cc3)=N[C@H]3CS(=O)(=O)C[C@@H]32)c(C)c1. The average molecular weight is 432 g/mol. The summed E-state index contributed by atoms with van der Waals surface area (Å²) in [5.74, 6) is 0.793. The van der Waals surface area contributed by atoms with Crippen LogP contribution in [-0.2, 0) is 15.6 Å². The van der Waals surface area contributed by atoms with E-state index in [1.807, 2.05) is 26.0 Å². The third-order valence-electron chi connectivity index (χ3n) is 5.23. The maximum Gasteiger partial charge on any atom is 0.269 e. The first-order chi connectivity index (χ1) is 13.7. The van der Waals surface area contributed by atoms with Gasteiger partial charge in [0.1, 0.15) is 0 Å². The molecule has 0 N–H and O–H groups in total. The summed E-state index contributed by atoms with van der Waals surface area (Å²) in [4.78, 5) is 17.2. The Morgan fingerprint density at radius 3 is 2.55 bits per heavy atom. The molecular weight excluding hydrogens is 410 g/mol. The number of nitro benzene ring substituents is 1. The number of hydrogen-bond donors (Lipinski definition) is 0. The summed E-state index contributed by atoms with van der Waals surface area (Å²) < 4.78 is 24.4. The number of anilines is 1. The number of aliphatic imine (C=N–C) groups is 1. The molecule has 2 aliphatic heterocycles. The van der Waals surface area contributed by atoms with Crippen LogP contribution in [0.1, 0.15) is 16.7 Å². The summed E-state index contributed by atoms with van der Waals surface area (Å²) in [6.07, 6.45) is 0. The number of sulfone groups is 1. The first-order valence-corrected chi connectivity index (χ1v) is 12.0. The molecule has 7 nitrogen and oxygen atoms in total. The number of aryl methyl sites for hydroxylation is 2. The van der Waals surface area contributed by atoms with Gasteiger partial charge in [-0.3, -0.25) is 15.1 Å². The third-order valence-corrected chi connectivity index (χ3v) is 7.97. The molecule has 2 atom stereocenters. The number of hydrogen-bond acceptors (Lipinski definition) is 7. The smallest absolute Gasteiger partial charge is 0.269 e. The normalized spacial score (nSPS) is 22.4. The van der Waals surface area contributed by atoms with Gasteiger partial charge in [-0.1, -0.05) is 41.6 Å². The standard InChI is InChI=1S/C20H21N3O4S2/c1-13-3-8-18(14(2)9-13)22-19-12-29(26,27)11-17(19)21-20(22)28-10-15-4-6-16(7-5-15)23(24)25/h3-9,17,19H,10-12H2,1-2H3/t17-,19-/m0/s1. The van der Waals surface area contributed by atoms with Gasteiger partial charge >= 0.3 is 0 Å². The predicted molar refractivity (Wildman–Crippen MR) is 116 cm³/mol. The summed E-state index contributed by atoms with van der Waals surface area (Å²) in [6, 6.07) is 12.2. The first-order valence-electron chi connectivity index (χ1n) is 9.24. The number of rotatable bonds is 4. The van der Waals surface area contributed by atoms with Crippen LogP contribution >= 0.6 is 11.8 Å². The lowest BCUT2D eigenvalue weighted by Gasteiger charge is -2.28. The zero-order valence-corrected chi connectivity index (χ0v) is 17.7. The highest BCUT2D eigenvalue weighted by atomic mass is 32.2. The fourth-order valence-corrected chi connectivity index (χ4v) is 6.77. The Bertz CT molecular complexity index is 1100. The largest absolute Gasteiger partial charge is 0.315 e. The van der Waals surface area contributed by atoms with Gasteiger partial charge in [-0.2, -0.15) is 0 Å². The monoisotopic (exact) mass is 431 g/mol. The number of benzene rings is 2. The molecule has 0 saturated carbocycles. The number of fused-ring (bicyclic) bond motifs is 1. The van der Waals surface area contributed by atoms with E-state index in [2.05, 4.69) is 11.0 Å². The Labute approximate surface area is 173 Å². The number of thioether (sulfide) groups is 1. The Kier molecular flexibility index (Phi) is 5.12. The fourth-order valence-electron chi connectivity index (χ4n) is 3.85. The Balaban J connectivity index is 1.60. The average Bonchev–Trinajstić information content (AvgIpc) is 3.12. The van der Waals surface area contributed by atoms with Gasteiger partial charge in [0, 0.05) is 23.6 Å². The molecule has 0 amide bonds. The molecule has 0 radical (unpaired) electrons. The maximum absolute atomic E-state index is 12.2. The van der Waals surface area contributed by atoms with Gasteiger partial charge in [-0.15, -0.1) is 0 Å². The van der Waals surface area contributed by atoms with Crippen molar-refractivity contribution in [1.82, 2.24) is 0 Å². The topological polar surface area (TPSA) is 92.9 Å². The summed E-state index contributed by atoms with van der Waals surface area (Å²) in [7, 11) is -3.09. The Morgan fingerprint density at radius 1 is 1.17 bits per heavy atom. The van der Waals surface area contributed by atoms with E-state index in [0.717, 1.165) is 27.5 Å². The molecule has 4 rings (SSSR count). The molecule has 0 bridgehead atoms. The highest BCUT2D eigenvalue weighted by molar-refractivity contribution is 8.13. The van der Waals surface area contributed by atoms with E-state index in [9.17, 15) is 18.5 Å². The molecule has 1 saturated heterocycles. The van der Waals surface area contributed by atoms with Gasteiger partial charge in [-0.05, 0) is 31.0 Å². The number of nitro groups is 1. The molecule has 29 heavy (non-hydrogen) atoms. The van der Waals surface area contributed by atoms with Crippen LogP contribution < -0.4 is 4.90 Å². The highest BCUT2D eigenvalue weighted by Gasteiger charge is 2.47. The van der Waals surface area contributed by atoms with Crippen LogP contribution in [0.5, 0.6) is 0 Å². The van der Waals surface area contributed by atoms with Crippen molar-refractivity contribution in [2.45, 2.75) is 31.7 Å². The van der Waals surface area contributed by atoms with Crippen LogP contribution in [0.2, 0.25) is 0 Å². The van der Waals surface area contributed by atoms with Crippen molar-refractivity contribution in [1.29, 1.82) is 0 Å². The quantitative estimate of drug-likeness (QED) is 0.543. The van der Waals surface area contributed by atoms with Crippen LogP contribution in [0.4, 0.5) is 11.4 Å². The fraction of sp³-hybridized carbons (Fsp3) is 0.350. The lowest BCUT2D eigenvalue weighted by Crippen LogP contribution is -2.39. The van der Waals surface area contributed by atoms with Gasteiger partial charge in [0.05, 0.1) is 28.5 Å². The number of amidine groups is 1. The summed E-state index contributed by atoms with van der Waals surface area (Å²) >= 11 is 1.54. The van der Waals surface area contributed by atoms with Crippen molar-refractivity contribution >= 4 is 38.1 Å². The van der Waals surface area contributed by atoms with Crippen LogP contribution in [0, 0.1) is 24.0 Å². The van der Waals surface area contributed by atoms with Gasteiger partial charge in [0.15, 0.2) is 15.0 Å². The maximum atomic E-state index is 12.2. The van der Waals surface area contributed by atoms with Crippen LogP contribution in [0.3, 0.4) is 0 Å². The van der Waals surface area contributed by atoms with Crippen LogP contribution in [0.15, 0.2) is 47.5 Å². The molecule has 1 fully saturated rings. The second-order valence-corrected chi connectivity index (χ2v) is 10.6. The summed E-state index contributed by atoms with van der Waals surface area (Å²) in [5.41, 5.74) is 4.23. The van der Waals surface area contributed by atoms with Crippen molar-refractivity contribution in [3.05, 3.63) is 69.3 Å². The lowest BCUT2D eigenvalue weighted by molar-refractivity contribution is -0.384. The van der Waals surface area contributed by atoms with E-state index in [0.29, 0.717) is 5.75 Å². The van der Waals surface area contributed by atoms with E-state index in [4.69, 9.17) is 4.99 Å². The second-order valence-electron chi connectivity index (χ2n) is 7.50. The third kappa shape index (κ3) is 4.02. The van der Waals surface area contributed by atoms with Crippen molar-refractivity contribution in [3.8, 4) is 0 Å². The summed E-state index contributed by atoms with van der Waals surface area (Å²) in [6.45, 7) is 4.06. The van der Waals surface area contributed by atoms with Crippen molar-refractivity contribution in [3.63, 3.8) is 0 Å². The molecular formula is C20H21N3O4S2. The zero-order valence-electron chi connectivity index (χ0n) is 16.1. The van der Waals surface area contributed by atoms with Gasteiger partial charge in [0.2, 0.25) is 0 Å². The minimum atomic E-state index is -3.09. The minimum absolute atomic E-state index is 0.0635. The van der Waals surface area contributed by atoms with Gasteiger partial charge in [-0.25, -0.2) is 8.42 Å². The van der Waals surface area contributed by atoms with E-state index in [1.54, 1.807) is 12.1 Å². The molecule has 2 aliphatic rings. The second kappa shape index (κ2) is 7.46. The molecule has 152 valence electrons. The Morgan fingerprint density at radius 2 is 1.90 bits per heavy atom. The van der Waals surface area contributed by atoms with Crippen molar-refractivity contribution < 1.29 is 13.3 Å². The Hall–Kier alpha value is -2.39. The predicted octanol–water partition coefficient (Wildman–Crippen LogP) is 3.49. The van der Waals surface area contributed by atoms with E-state index < -0.39 is 14.8 Å². The van der Waals surface area contributed by atoms with Crippen LogP contribution in [-0.4, -0.2) is 42.1 Å². The minimum Gasteiger partial charge on any atom is -0.315 e. The molecule has 9 heteroatoms. The molecule has 0 unspecified atom stereocenters. The number of nitrogens with zero attached hydrogens (tertiary/aromatic N) is 3. The van der Waals surface area contributed by atoms with Crippen molar-refractivity contribution in [2.24, 2.45) is 4.99 Å². The lowest BCUT2D eigenvalue weighted by atomic mass is 10.1. The van der Waals surface area contributed by atoms with E-state index in [-0.39, 0.29) is 29.3 Å². The molecule has 0 spiro atoms. The highest BCUT2D eigenvalue weighted by Crippen LogP contribution is 2.37. The van der Waals surface area contributed by atoms with Gasteiger partial charge < -0.3 is 4.90 Å². The molecule has 2 heterocycles. The molecule has 2 aromatic carbocycles. The van der Waals surface area contributed by atoms with Crippen LogP contribution in [0.25, 0.3) is 0 Å². The van der Waals surface area contributed by atoms with E-state index >= 15 is 0 Å². The number of non-ortho nitro benzene ring substituents is 1. The molecule has 0 aromatic heterocycles. The van der Waals surface area contributed by atoms with E-state index in [1.165, 1.54) is 23.9 Å². The molecule has 0 aliphatic carbocycles. The first kappa shape index (κ1) is 19.9. The van der Waals surface area contributed by atoms with Gasteiger partial charge in [0.25, 0.3) is 5.69 Å². The molecule has 2 aromatic rings.